The third-order valence-corrected chi connectivity index (χ3v) is 7.02. The van der Waals surface area contributed by atoms with E-state index in [0.29, 0.717) is 48.0 Å². The molecular formula is C17H24O5. The van der Waals surface area contributed by atoms with Crippen molar-refractivity contribution < 1.29 is 24.2 Å². The molecule has 4 aliphatic carbocycles. The summed E-state index contributed by atoms with van der Waals surface area (Å²) in [5.74, 6) is 3.80. The van der Waals surface area contributed by atoms with Crippen LogP contribution in [0.3, 0.4) is 0 Å². The molecule has 0 aromatic carbocycles. The first-order valence-corrected chi connectivity index (χ1v) is 8.71. The van der Waals surface area contributed by atoms with Crippen molar-refractivity contribution in [3.63, 3.8) is 0 Å². The van der Waals surface area contributed by atoms with E-state index in [1.807, 2.05) is 13.8 Å². The first-order valence-electron chi connectivity index (χ1n) is 8.71. The van der Waals surface area contributed by atoms with Gasteiger partial charge in [-0.2, -0.15) is 0 Å². The number of carboxylic acid groups (broad SMARTS) is 1. The second-order valence-electron chi connectivity index (χ2n) is 7.36. The lowest BCUT2D eigenvalue weighted by atomic mass is 9.63. The summed E-state index contributed by atoms with van der Waals surface area (Å²) in [4.78, 5) is 22.8. The molecule has 5 nitrogen and oxygen atoms in total. The molecule has 9 unspecified atom stereocenters. The van der Waals surface area contributed by atoms with Crippen LogP contribution in [0, 0.1) is 47.3 Å². The summed E-state index contributed by atoms with van der Waals surface area (Å²) in [6.45, 7) is 4.63. The van der Waals surface area contributed by atoms with Gasteiger partial charge >= 0.3 is 12.1 Å². The fourth-order valence-corrected chi connectivity index (χ4v) is 6.80. The number of ether oxygens (including phenoxy) is 2. The normalized spacial score (nSPS) is 52.6. The minimum Gasteiger partial charge on any atom is -0.465 e. The topological polar surface area (TPSA) is 72.8 Å². The summed E-state index contributed by atoms with van der Waals surface area (Å²) in [6.07, 6.45) is 1.88. The zero-order valence-electron chi connectivity index (χ0n) is 13.1. The zero-order chi connectivity index (χ0) is 15.6. The zero-order valence-corrected chi connectivity index (χ0v) is 13.1. The first kappa shape index (κ1) is 14.3. The summed E-state index contributed by atoms with van der Waals surface area (Å²) >= 11 is 0. The van der Waals surface area contributed by atoms with Gasteiger partial charge in [-0.25, -0.2) is 4.79 Å². The van der Waals surface area contributed by atoms with E-state index < -0.39 is 6.16 Å². The quantitative estimate of drug-likeness (QED) is 0.595. The standard InChI is InChI=1S/C15H18O5.C2H6/c16-14-13-8-3-6(9(13)4-19-14)11-5-1-7(12(8)11)10(2-5)20-15(17)18;1-2/h5-13H,1-4H2,(H,17,18);1-2H3. The Balaban J connectivity index is 0.000000602. The smallest absolute Gasteiger partial charge is 0.465 e. The fourth-order valence-electron chi connectivity index (χ4n) is 6.80. The van der Waals surface area contributed by atoms with Gasteiger partial charge in [0, 0.05) is 5.92 Å². The Bertz CT molecular complexity index is 503. The van der Waals surface area contributed by atoms with Gasteiger partial charge in [-0.05, 0) is 54.8 Å². The number of esters is 1. The summed E-state index contributed by atoms with van der Waals surface area (Å²) in [5, 5.41) is 8.87. The SMILES string of the molecule is CC.O=C(O)OC1CC2CC1C1C3CC(C4COC(=O)C43)C21. The summed E-state index contributed by atoms with van der Waals surface area (Å²) in [6, 6.07) is 0. The molecular weight excluding hydrogens is 284 g/mol. The first-order chi connectivity index (χ1) is 10.6. The van der Waals surface area contributed by atoms with Crippen LogP contribution in [0.1, 0.15) is 33.1 Å². The van der Waals surface area contributed by atoms with Crippen molar-refractivity contribution in [2.24, 2.45) is 47.3 Å². The van der Waals surface area contributed by atoms with E-state index in [4.69, 9.17) is 14.6 Å². The Hall–Kier alpha value is -1.26. The molecule has 22 heavy (non-hydrogen) atoms. The summed E-state index contributed by atoms with van der Waals surface area (Å²) < 4.78 is 10.4. The summed E-state index contributed by atoms with van der Waals surface area (Å²) in [7, 11) is 0. The van der Waals surface area contributed by atoms with Crippen LogP contribution in [-0.2, 0) is 14.3 Å². The Kier molecular flexibility index (Phi) is 3.17. The molecule has 1 heterocycles. The van der Waals surface area contributed by atoms with E-state index >= 15 is 0 Å². The number of cyclic esters (lactones) is 1. The van der Waals surface area contributed by atoms with Gasteiger partial charge in [0.05, 0.1) is 12.5 Å². The monoisotopic (exact) mass is 308 g/mol. The van der Waals surface area contributed by atoms with Crippen LogP contribution >= 0.6 is 0 Å². The van der Waals surface area contributed by atoms with Gasteiger partial charge in [-0.3, -0.25) is 4.79 Å². The molecule has 122 valence electrons. The van der Waals surface area contributed by atoms with Crippen molar-refractivity contribution in [2.45, 2.75) is 39.2 Å². The number of hydrogen-bond donors (Lipinski definition) is 1. The van der Waals surface area contributed by atoms with Crippen LogP contribution in [0.2, 0.25) is 0 Å². The molecule has 4 bridgehead atoms. The highest BCUT2D eigenvalue weighted by Gasteiger charge is 2.70. The Morgan fingerprint density at radius 3 is 2.59 bits per heavy atom. The lowest BCUT2D eigenvalue weighted by Crippen LogP contribution is -2.43. The van der Waals surface area contributed by atoms with Crippen molar-refractivity contribution in [3.8, 4) is 0 Å². The molecule has 4 saturated carbocycles. The molecule has 0 spiro atoms. The van der Waals surface area contributed by atoms with Crippen LogP contribution < -0.4 is 0 Å². The maximum Gasteiger partial charge on any atom is 0.506 e. The molecule has 5 fully saturated rings. The molecule has 0 radical (unpaired) electrons. The molecule has 5 rings (SSSR count). The van der Waals surface area contributed by atoms with Crippen LogP contribution in [0.5, 0.6) is 0 Å². The number of carbonyl (C=O) groups is 2. The highest BCUT2D eigenvalue weighted by molar-refractivity contribution is 5.76. The molecule has 0 aromatic rings. The van der Waals surface area contributed by atoms with Crippen LogP contribution in [0.15, 0.2) is 0 Å². The van der Waals surface area contributed by atoms with E-state index in [0.717, 1.165) is 19.3 Å². The molecule has 1 N–H and O–H groups in total. The van der Waals surface area contributed by atoms with E-state index in [9.17, 15) is 9.59 Å². The highest BCUT2D eigenvalue weighted by atomic mass is 16.7. The molecule has 1 aliphatic heterocycles. The third kappa shape index (κ3) is 1.65. The van der Waals surface area contributed by atoms with Crippen molar-refractivity contribution >= 4 is 12.1 Å². The maximum atomic E-state index is 12.0. The van der Waals surface area contributed by atoms with Crippen LogP contribution in [0.25, 0.3) is 0 Å². The van der Waals surface area contributed by atoms with Gasteiger partial charge in [0.25, 0.3) is 0 Å². The predicted molar refractivity (Wildman–Crippen MR) is 77.0 cm³/mol. The van der Waals surface area contributed by atoms with Gasteiger partial charge in [-0.1, -0.05) is 13.8 Å². The van der Waals surface area contributed by atoms with Gasteiger partial charge < -0.3 is 14.6 Å². The number of carbonyl (C=O) groups excluding carboxylic acids is 1. The maximum absolute atomic E-state index is 12.0. The lowest BCUT2D eigenvalue weighted by Gasteiger charge is -2.41. The van der Waals surface area contributed by atoms with Crippen molar-refractivity contribution in [1.82, 2.24) is 0 Å². The van der Waals surface area contributed by atoms with Crippen molar-refractivity contribution in [3.05, 3.63) is 0 Å². The average Bonchev–Trinajstić information content (AvgIpc) is 3.23. The Labute approximate surface area is 130 Å². The predicted octanol–water partition coefficient (Wildman–Crippen LogP) is 2.79. The second-order valence-corrected chi connectivity index (χ2v) is 7.36. The van der Waals surface area contributed by atoms with Gasteiger partial charge in [0.15, 0.2) is 0 Å². The minimum absolute atomic E-state index is 0.000531. The molecule has 9 atom stereocenters. The van der Waals surface area contributed by atoms with Crippen LogP contribution in [-0.4, -0.2) is 29.9 Å². The molecule has 0 aromatic heterocycles. The minimum atomic E-state index is -1.15. The van der Waals surface area contributed by atoms with Crippen molar-refractivity contribution in [1.29, 1.82) is 0 Å². The number of rotatable bonds is 1. The molecule has 5 aliphatic rings. The number of fused-ring (bicyclic) bond motifs is 12. The number of hydrogen-bond acceptors (Lipinski definition) is 4. The molecule has 0 amide bonds. The lowest BCUT2D eigenvalue weighted by molar-refractivity contribution is -0.143. The molecule has 5 heteroatoms. The van der Waals surface area contributed by atoms with E-state index in [-0.39, 0.29) is 18.0 Å². The summed E-state index contributed by atoms with van der Waals surface area (Å²) in [5.41, 5.74) is 0. The van der Waals surface area contributed by atoms with Gasteiger partial charge in [0.1, 0.15) is 6.10 Å². The average molecular weight is 308 g/mol. The second kappa shape index (κ2) is 4.87. The Morgan fingerprint density at radius 2 is 1.86 bits per heavy atom. The fraction of sp³-hybridized carbons (Fsp3) is 0.882. The van der Waals surface area contributed by atoms with Crippen molar-refractivity contribution in [2.75, 3.05) is 6.61 Å². The van der Waals surface area contributed by atoms with E-state index in [1.165, 1.54) is 0 Å². The third-order valence-electron chi connectivity index (χ3n) is 7.02. The van der Waals surface area contributed by atoms with Gasteiger partial charge in [0.2, 0.25) is 0 Å². The van der Waals surface area contributed by atoms with E-state index in [1.54, 1.807) is 0 Å². The highest BCUT2D eigenvalue weighted by Crippen LogP contribution is 2.71. The van der Waals surface area contributed by atoms with E-state index in [2.05, 4.69) is 0 Å². The largest absolute Gasteiger partial charge is 0.506 e. The van der Waals surface area contributed by atoms with Crippen LogP contribution in [0.4, 0.5) is 4.79 Å². The van der Waals surface area contributed by atoms with Gasteiger partial charge in [-0.15, -0.1) is 0 Å². The molecule has 1 saturated heterocycles. The Morgan fingerprint density at radius 1 is 1.09 bits per heavy atom.